The molecular formula is C11H17N3O3. The van der Waals surface area contributed by atoms with Crippen LogP contribution in [0.1, 0.15) is 6.92 Å². The van der Waals surface area contributed by atoms with Gasteiger partial charge in [0.1, 0.15) is 0 Å². The summed E-state index contributed by atoms with van der Waals surface area (Å²) in [5.41, 5.74) is 0. The van der Waals surface area contributed by atoms with Crippen molar-refractivity contribution in [2.75, 3.05) is 19.6 Å². The van der Waals surface area contributed by atoms with Crippen molar-refractivity contribution in [3.63, 3.8) is 0 Å². The van der Waals surface area contributed by atoms with E-state index in [2.05, 4.69) is 13.2 Å². The van der Waals surface area contributed by atoms with Gasteiger partial charge < -0.3 is 5.11 Å². The molecule has 1 fully saturated rings. The highest BCUT2D eigenvalue weighted by atomic mass is 16.3. The molecule has 0 aliphatic carbocycles. The molecule has 6 heteroatoms. The van der Waals surface area contributed by atoms with E-state index in [1.165, 1.54) is 22.0 Å². The quantitative estimate of drug-likeness (QED) is 0.722. The maximum atomic E-state index is 11.9. The third kappa shape index (κ3) is 2.31. The van der Waals surface area contributed by atoms with Crippen molar-refractivity contribution in [3.8, 4) is 0 Å². The zero-order valence-electron chi connectivity index (χ0n) is 9.87. The predicted molar refractivity (Wildman–Crippen MR) is 63.0 cm³/mol. The van der Waals surface area contributed by atoms with Gasteiger partial charge in [0.05, 0.1) is 0 Å². The van der Waals surface area contributed by atoms with Crippen LogP contribution in [0.3, 0.4) is 0 Å². The standard InChI is InChI=1S/C11H17N3O3/c1-4-7-13-9(15)12(6-3)10(16)14(8-5-2)11(13)17/h4-5,11,17H,1-2,6-8H2,3H3. The van der Waals surface area contributed by atoms with Gasteiger partial charge in [-0.3, -0.25) is 9.80 Å². The van der Waals surface area contributed by atoms with Crippen molar-refractivity contribution < 1.29 is 14.7 Å². The Hall–Kier alpha value is -1.82. The first-order chi connectivity index (χ1) is 8.08. The van der Waals surface area contributed by atoms with Crippen LogP contribution in [0.25, 0.3) is 0 Å². The predicted octanol–water partition coefficient (Wildman–Crippen LogP) is 0.814. The lowest BCUT2D eigenvalue weighted by Crippen LogP contribution is -2.66. The van der Waals surface area contributed by atoms with Gasteiger partial charge in [-0.1, -0.05) is 12.2 Å². The molecule has 6 nitrogen and oxygen atoms in total. The van der Waals surface area contributed by atoms with E-state index in [1.807, 2.05) is 0 Å². The minimum atomic E-state index is -1.27. The van der Waals surface area contributed by atoms with Gasteiger partial charge in [-0.05, 0) is 6.92 Å². The molecule has 0 aromatic carbocycles. The number of carbonyl (C=O) groups excluding carboxylic acids is 2. The minimum Gasteiger partial charge on any atom is -0.356 e. The summed E-state index contributed by atoms with van der Waals surface area (Å²) in [5.74, 6) is 0. The first-order valence-corrected chi connectivity index (χ1v) is 5.37. The van der Waals surface area contributed by atoms with Gasteiger partial charge in [0.2, 0.25) is 6.35 Å². The van der Waals surface area contributed by atoms with Crippen LogP contribution in [0.5, 0.6) is 0 Å². The number of urea groups is 2. The molecule has 0 saturated carbocycles. The molecule has 94 valence electrons. The van der Waals surface area contributed by atoms with E-state index in [9.17, 15) is 14.7 Å². The summed E-state index contributed by atoms with van der Waals surface area (Å²) in [4.78, 5) is 27.2. The van der Waals surface area contributed by atoms with Gasteiger partial charge in [0.25, 0.3) is 0 Å². The molecule has 0 aromatic rings. The van der Waals surface area contributed by atoms with Crippen molar-refractivity contribution in [2.45, 2.75) is 13.3 Å². The molecule has 0 unspecified atom stereocenters. The number of rotatable bonds is 5. The molecule has 1 aliphatic rings. The zero-order valence-corrected chi connectivity index (χ0v) is 9.87. The molecule has 1 rings (SSSR count). The third-order valence-corrected chi connectivity index (χ3v) is 2.48. The van der Waals surface area contributed by atoms with Crippen LogP contribution in [0.2, 0.25) is 0 Å². The Morgan fingerprint density at radius 2 is 1.59 bits per heavy atom. The first-order valence-electron chi connectivity index (χ1n) is 5.37. The largest absolute Gasteiger partial charge is 0.356 e. The average molecular weight is 239 g/mol. The normalized spacial score (nSPS) is 17.6. The van der Waals surface area contributed by atoms with Crippen molar-refractivity contribution in [3.05, 3.63) is 25.3 Å². The molecule has 1 heterocycles. The molecule has 0 radical (unpaired) electrons. The maximum Gasteiger partial charge on any atom is 0.331 e. The SMILES string of the molecule is C=CCN1C(=O)N(CC)C(=O)N(CC=C)C1O. The Morgan fingerprint density at radius 1 is 1.18 bits per heavy atom. The Kier molecular flexibility index (Phi) is 4.28. The van der Waals surface area contributed by atoms with E-state index in [0.29, 0.717) is 0 Å². The van der Waals surface area contributed by atoms with Gasteiger partial charge >= 0.3 is 12.1 Å². The third-order valence-electron chi connectivity index (χ3n) is 2.48. The second kappa shape index (κ2) is 5.49. The number of amides is 4. The maximum absolute atomic E-state index is 11.9. The molecule has 0 atom stereocenters. The van der Waals surface area contributed by atoms with E-state index < -0.39 is 18.4 Å². The highest BCUT2D eigenvalue weighted by Crippen LogP contribution is 2.17. The lowest BCUT2D eigenvalue weighted by molar-refractivity contribution is -0.0839. The fourth-order valence-corrected chi connectivity index (χ4v) is 1.65. The highest BCUT2D eigenvalue weighted by molar-refractivity contribution is 5.96. The summed E-state index contributed by atoms with van der Waals surface area (Å²) in [7, 11) is 0. The molecule has 17 heavy (non-hydrogen) atoms. The smallest absolute Gasteiger partial charge is 0.331 e. The van der Waals surface area contributed by atoms with Crippen LogP contribution < -0.4 is 0 Å². The average Bonchev–Trinajstić information content (AvgIpc) is 2.31. The minimum absolute atomic E-state index is 0.178. The van der Waals surface area contributed by atoms with Crippen LogP contribution in [-0.4, -0.2) is 57.9 Å². The van der Waals surface area contributed by atoms with E-state index in [0.717, 1.165) is 4.90 Å². The Labute approximate surface area is 100 Å². The molecule has 0 aromatic heterocycles. The van der Waals surface area contributed by atoms with Gasteiger partial charge in [0, 0.05) is 19.6 Å². The van der Waals surface area contributed by atoms with Gasteiger partial charge in [-0.25, -0.2) is 14.5 Å². The van der Waals surface area contributed by atoms with Gasteiger partial charge in [-0.15, -0.1) is 13.2 Å². The fourth-order valence-electron chi connectivity index (χ4n) is 1.65. The number of imide groups is 1. The summed E-state index contributed by atoms with van der Waals surface area (Å²) in [6, 6.07) is -1.02. The van der Waals surface area contributed by atoms with E-state index in [-0.39, 0.29) is 19.6 Å². The van der Waals surface area contributed by atoms with E-state index in [4.69, 9.17) is 0 Å². The number of aliphatic hydroxyl groups is 1. The number of hydrogen-bond donors (Lipinski definition) is 1. The van der Waals surface area contributed by atoms with Crippen LogP contribution in [-0.2, 0) is 0 Å². The lowest BCUT2D eigenvalue weighted by atomic mass is 10.4. The Balaban J connectivity index is 3.01. The molecule has 4 amide bonds. The van der Waals surface area contributed by atoms with Crippen LogP contribution in [0, 0.1) is 0 Å². The monoisotopic (exact) mass is 239 g/mol. The molecular weight excluding hydrogens is 222 g/mol. The Bertz CT molecular complexity index is 313. The summed E-state index contributed by atoms with van der Waals surface area (Å²) >= 11 is 0. The van der Waals surface area contributed by atoms with E-state index in [1.54, 1.807) is 6.92 Å². The van der Waals surface area contributed by atoms with Crippen LogP contribution >= 0.6 is 0 Å². The van der Waals surface area contributed by atoms with Crippen molar-refractivity contribution in [2.24, 2.45) is 0 Å². The number of nitrogens with zero attached hydrogens (tertiary/aromatic N) is 3. The number of carbonyl (C=O) groups is 2. The zero-order chi connectivity index (χ0) is 13.0. The Morgan fingerprint density at radius 3 is 1.88 bits per heavy atom. The molecule has 1 saturated heterocycles. The summed E-state index contributed by atoms with van der Waals surface area (Å²) in [6.45, 7) is 9.35. The summed E-state index contributed by atoms with van der Waals surface area (Å²) in [6.07, 6.45) is 1.72. The molecule has 0 bridgehead atoms. The summed E-state index contributed by atoms with van der Waals surface area (Å²) in [5, 5.41) is 9.93. The highest BCUT2D eigenvalue weighted by Gasteiger charge is 2.41. The van der Waals surface area contributed by atoms with E-state index >= 15 is 0 Å². The fraction of sp³-hybridized carbons (Fsp3) is 0.455. The molecule has 1 aliphatic heterocycles. The number of hydrogen-bond acceptors (Lipinski definition) is 3. The van der Waals surface area contributed by atoms with Gasteiger partial charge in [-0.2, -0.15) is 0 Å². The lowest BCUT2D eigenvalue weighted by Gasteiger charge is -2.43. The van der Waals surface area contributed by atoms with Crippen molar-refractivity contribution in [1.29, 1.82) is 0 Å². The topological polar surface area (TPSA) is 64.1 Å². The second-order valence-corrected chi connectivity index (χ2v) is 3.54. The van der Waals surface area contributed by atoms with Crippen molar-refractivity contribution >= 4 is 12.1 Å². The van der Waals surface area contributed by atoms with Crippen LogP contribution in [0.4, 0.5) is 9.59 Å². The molecule has 1 N–H and O–H groups in total. The van der Waals surface area contributed by atoms with Crippen molar-refractivity contribution in [1.82, 2.24) is 14.7 Å². The molecule has 0 spiro atoms. The number of aliphatic hydroxyl groups excluding tert-OH is 1. The van der Waals surface area contributed by atoms with Crippen LogP contribution in [0.15, 0.2) is 25.3 Å². The first kappa shape index (κ1) is 13.2. The van der Waals surface area contributed by atoms with Gasteiger partial charge in [0.15, 0.2) is 0 Å². The second-order valence-electron chi connectivity index (χ2n) is 3.54. The summed E-state index contributed by atoms with van der Waals surface area (Å²) < 4.78 is 0.